The number of amides is 3. The van der Waals surface area contributed by atoms with Crippen LogP contribution in [0.3, 0.4) is 0 Å². The Morgan fingerprint density at radius 1 is 1.15 bits per heavy atom. The Balaban J connectivity index is 1.63. The van der Waals surface area contributed by atoms with Crippen molar-refractivity contribution in [2.45, 2.75) is 77.4 Å². The molecule has 7 heteroatoms. The summed E-state index contributed by atoms with van der Waals surface area (Å²) in [7, 11) is 0. The molecule has 1 aliphatic carbocycles. The maximum Gasteiger partial charge on any atom is 0.407 e. The maximum atomic E-state index is 12.3. The quantitative estimate of drug-likeness (QED) is 0.719. The van der Waals surface area contributed by atoms with E-state index in [1.165, 1.54) is 18.4 Å². The summed E-state index contributed by atoms with van der Waals surface area (Å²) >= 11 is 0. The van der Waals surface area contributed by atoms with Crippen molar-refractivity contribution >= 4 is 17.9 Å². The molecule has 1 aliphatic heterocycles. The highest BCUT2D eigenvalue weighted by Gasteiger charge is 2.24. The normalized spacial score (nSPS) is 18.2. The fourth-order valence-electron chi connectivity index (χ4n) is 3.42. The lowest BCUT2D eigenvalue weighted by Crippen LogP contribution is -2.46. The number of hydrogen-bond donors (Lipinski definition) is 2. The van der Waals surface area contributed by atoms with Gasteiger partial charge in [-0.2, -0.15) is 0 Å². The number of hydrogen-bond acceptors (Lipinski definition) is 4. The molecule has 0 spiro atoms. The summed E-state index contributed by atoms with van der Waals surface area (Å²) in [5.74, 6) is 0.0159. The first-order valence-electron chi connectivity index (χ1n) is 9.97. The highest BCUT2D eigenvalue weighted by atomic mass is 16.6. The van der Waals surface area contributed by atoms with Gasteiger partial charge in [0.05, 0.1) is 0 Å². The Morgan fingerprint density at radius 2 is 1.78 bits per heavy atom. The minimum absolute atomic E-state index is 0.00163. The van der Waals surface area contributed by atoms with Gasteiger partial charge in [0, 0.05) is 38.2 Å². The van der Waals surface area contributed by atoms with Crippen molar-refractivity contribution in [2.75, 3.05) is 19.6 Å². The topological polar surface area (TPSA) is 87.7 Å². The third kappa shape index (κ3) is 8.01. The first-order valence-corrected chi connectivity index (χ1v) is 9.97. The fourth-order valence-corrected chi connectivity index (χ4v) is 3.42. The monoisotopic (exact) mass is 379 g/mol. The van der Waals surface area contributed by atoms with Crippen LogP contribution in [0.5, 0.6) is 0 Å². The highest BCUT2D eigenvalue weighted by Crippen LogP contribution is 2.23. The van der Waals surface area contributed by atoms with Gasteiger partial charge in [-0.05, 0) is 59.3 Å². The van der Waals surface area contributed by atoms with Crippen LogP contribution in [0.15, 0.2) is 11.6 Å². The molecular weight excluding hydrogens is 346 g/mol. The van der Waals surface area contributed by atoms with E-state index in [0.29, 0.717) is 13.1 Å². The molecule has 0 radical (unpaired) electrons. The van der Waals surface area contributed by atoms with E-state index in [1.807, 2.05) is 0 Å². The molecule has 3 amide bonds. The second-order valence-corrected chi connectivity index (χ2v) is 8.35. The van der Waals surface area contributed by atoms with Crippen molar-refractivity contribution in [3.8, 4) is 0 Å². The van der Waals surface area contributed by atoms with Gasteiger partial charge in [0.25, 0.3) is 0 Å². The van der Waals surface area contributed by atoms with Gasteiger partial charge < -0.3 is 20.3 Å². The van der Waals surface area contributed by atoms with Crippen LogP contribution in [-0.4, -0.2) is 54.1 Å². The molecule has 1 saturated carbocycles. The van der Waals surface area contributed by atoms with Crippen LogP contribution in [-0.2, 0) is 14.3 Å². The first-order chi connectivity index (χ1) is 12.7. The Hall–Kier alpha value is -2.05. The Labute approximate surface area is 161 Å². The van der Waals surface area contributed by atoms with Crippen LogP contribution in [0.2, 0.25) is 0 Å². The van der Waals surface area contributed by atoms with Crippen LogP contribution in [0.25, 0.3) is 0 Å². The zero-order valence-electron chi connectivity index (χ0n) is 16.8. The predicted octanol–water partition coefficient (Wildman–Crippen LogP) is 2.51. The number of allylic oxidation sites excluding steroid dienone is 1. The van der Waals surface area contributed by atoms with Crippen LogP contribution in [0.4, 0.5) is 4.79 Å². The summed E-state index contributed by atoms with van der Waals surface area (Å²) in [6.45, 7) is 6.91. The van der Waals surface area contributed by atoms with E-state index >= 15 is 0 Å². The van der Waals surface area contributed by atoms with E-state index in [2.05, 4.69) is 10.6 Å². The number of nitrogens with one attached hydrogen (secondary N) is 2. The largest absolute Gasteiger partial charge is 0.444 e. The standard InChI is InChI=1S/C20H33N3O4/c1-20(2,3)27-19(26)21-11-8-18(25)23-12-9-16(10-13-23)22-17(24)14-15-6-4-5-7-15/h14,16H,4-13H2,1-3H3,(H,21,26)(H,22,24). The molecule has 2 rings (SSSR count). The molecule has 2 fully saturated rings. The van der Waals surface area contributed by atoms with E-state index in [1.54, 1.807) is 31.7 Å². The molecule has 7 nitrogen and oxygen atoms in total. The van der Waals surface area contributed by atoms with Gasteiger partial charge in [-0.15, -0.1) is 0 Å². The van der Waals surface area contributed by atoms with Gasteiger partial charge >= 0.3 is 6.09 Å². The SMILES string of the molecule is CC(C)(C)OC(=O)NCCC(=O)N1CCC(NC(=O)C=C2CCCC2)CC1. The van der Waals surface area contributed by atoms with E-state index in [0.717, 1.165) is 25.7 Å². The molecule has 0 aromatic rings. The van der Waals surface area contributed by atoms with Gasteiger partial charge in [0.2, 0.25) is 11.8 Å². The summed E-state index contributed by atoms with van der Waals surface area (Å²) in [5, 5.41) is 5.66. The molecule has 0 bridgehead atoms. The Kier molecular flexibility index (Phi) is 7.68. The molecule has 0 unspecified atom stereocenters. The number of ether oxygens (including phenoxy) is 1. The molecule has 2 N–H and O–H groups in total. The van der Waals surface area contributed by atoms with Crippen molar-refractivity contribution in [1.82, 2.24) is 15.5 Å². The Bertz CT molecular complexity index is 564. The van der Waals surface area contributed by atoms with Crippen molar-refractivity contribution in [3.63, 3.8) is 0 Å². The number of carbonyl (C=O) groups excluding carboxylic acids is 3. The average molecular weight is 380 g/mol. The summed E-state index contributed by atoms with van der Waals surface area (Å²) in [6.07, 6.45) is 7.48. The molecule has 27 heavy (non-hydrogen) atoms. The molecule has 1 heterocycles. The third-order valence-corrected chi connectivity index (χ3v) is 4.78. The van der Waals surface area contributed by atoms with Gasteiger partial charge in [-0.1, -0.05) is 5.57 Å². The van der Waals surface area contributed by atoms with E-state index in [9.17, 15) is 14.4 Å². The molecule has 1 saturated heterocycles. The highest BCUT2D eigenvalue weighted by molar-refractivity contribution is 5.88. The van der Waals surface area contributed by atoms with Crippen molar-refractivity contribution in [3.05, 3.63) is 11.6 Å². The minimum Gasteiger partial charge on any atom is -0.444 e. The number of alkyl carbamates (subject to hydrolysis) is 1. The smallest absolute Gasteiger partial charge is 0.407 e. The minimum atomic E-state index is -0.548. The van der Waals surface area contributed by atoms with Crippen LogP contribution < -0.4 is 10.6 Å². The van der Waals surface area contributed by atoms with Crippen LogP contribution >= 0.6 is 0 Å². The number of carbonyl (C=O) groups is 3. The maximum absolute atomic E-state index is 12.3. The lowest BCUT2D eigenvalue weighted by Gasteiger charge is -2.32. The summed E-state index contributed by atoms with van der Waals surface area (Å²) < 4.78 is 5.14. The number of rotatable bonds is 5. The van der Waals surface area contributed by atoms with E-state index in [4.69, 9.17) is 4.74 Å². The summed E-state index contributed by atoms with van der Waals surface area (Å²) in [5.41, 5.74) is 0.700. The zero-order valence-corrected chi connectivity index (χ0v) is 16.8. The summed E-state index contributed by atoms with van der Waals surface area (Å²) in [4.78, 5) is 37.7. The predicted molar refractivity (Wildman–Crippen MR) is 103 cm³/mol. The van der Waals surface area contributed by atoms with Crippen LogP contribution in [0.1, 0.15) is 65.7 Å². The third-order valence-electron chi connectivity index (χ3n) is 4.78. The molecule has 0 atom stereocenters. The van der Waals surface area contributed by atoms with Gasteiger partial charge in [-0.25, -0.2) is 4.79 Å². The van der Waals surface area contributed by atoms with E-state index in [-0.39, 0.29) is 30.8 Å². The zero-order chi connectivity index (χ0) is 19.9. The second kappa shape index (κ2) is 9.76. The Morgan fingerprint density at radius 3 is 2.37 bits per heavy atom. The first kappa shape index (κ1) is 21.3. The van der Waals surface area contributed by atoms with Gasteiger partial charge in [0.1, 0.15) is 5.60 Å². The van der Waals surface area contributed by atoms with Crippen molar-refractivity contribution in [1.29, 1.82) is 0 Å². The summed E-state index contributed by atoms with van der Waals surface area (Å²) in [6, 6.07) is 0.125. The number of likely N-dealkylation sites (tertiary alicyclic amines) is 1. The molecule has 0 aromatic heterocycles. The van der Waals surface area contributed by atoms with Crippen LogP contribution in [0, 0.1) is 0 Å². The number of nitrogens with zero attached hydrogens (tertiary/aromatic N) is 1. The second-order valence-electron chi connectivity index (χ2n) is 8.35. The van der Waals surface area contributed by atoms with Gasteiger partial charge in [-0.3, -0.25) is 9.59 Å². The van der Waals surface area contributed by atoms with Crippen molar-refractivity contribution < 1.29 is 19.1 Å². The number of piperidine rings is 1. The molecule has 152 valence electrons. The van der Waals surface area contributed by atoms with Gasteiger partial charge in [0.15, 0.2) is 0 Å². The molecule has 0 aromatic carbocycles. The van der Waals surface area contributed by atoms with Crippen molar-refractivity contribution in [2.24, 2.45) is 0 Å². The lowest BCUT2D eigenvalue weighted by molar-refractivity contribution is -0.132. The lowest BCUT2D eigenvalue weighted by atomic mass is 10.0. The molecule has 2 aliphatic rings. The average Bonchev–Trinajstić information content (AvgIpc) is 3.06. The fraction of sp³-hybridized carbons (Fsp3) is 0.750. The van der Waals surface area contributed by atoms with E-state index < -0.39 is 11.7 Å². The molecular formula is C20H33N3O4.